The van der Waals surface area contributed by atoms with Crippen LogP contribution < -0.4 is 4.74 Å². The first-order valence-electron chi connectivity index (χ1n) is 10.3. The predicted octanol–water partition coefficient (Wildman–Crippen LogP) is 5.63. The number of amidine groups is 1. The van der Waals surface area contributed by atoms with E-state index in [-0.39, 0.29) is 12.5 Å². The summed E-state index contributed by atoms with van der Waals surface area (Å²) in [6, 6.07) is 11.5. The van der Waals surface area contributed by atoms with Crippen LogP contribution in [0.2, 0.25) is 0 Å². The highest BCUT2D eigenvalue weighted by Gasteiger charge is 2.32. The smallest absolute Gasteiger partial charge is 0.344 e. The van der Waals surface area contributed by atoms with Gasteiger partial charge in [0, 0.05) is 6.54 Å². The first-order chi connectivity index (χ1) is 15.3. The van der Waals surface area contributed by atoms with E-state index in [0.29, 0.717) is 33.4 Å². The van der Waals surface area contributed by atoms with Gasteiger partial charge in [0.2, 0.25) is 0 Å². The average molecular weight is 517 g/mol. The van der Waals surface area contributed by atoms with Gasteiger partial charge in [-0.25, -0.2) is 9.79 Å². The second kappa shape index (κ2) is 10.8. The maximum Gasteiger partial charge on any atom is 0.344 e. The molecular weight excluding hydrogens is 492 g/mol. The molecule has 0 bridgehead atoms. The van der Waals surface area contributed by atoms with Gasteiger partial charge in [0.25, 0.3) is 5.91 Å². The third kappa shape index (κ3) is 5.81. The zero-order valence-electron chi connectivity index (χ0n) is 18.5. The van der Waals surface area contributed by atoms with Gasteiger partial charge in [0.1, 0.15) is 5.75 Å². The molecule has 2 aromatic carbocycles. The number of carbonyl (C=O) groups excluding carboxylic acids is 2. The minimum atomic E-state index is -0.422. The van der Waals surface area contributed by atoms with Crippen molar-refractivity contribution in [2.75, 3.05) is 19.8 Å². The van der Waals surface area contributed by atoms with Crippen LogP contribution in [-0.2, 0) is 14.3 Å². The Kier molecular flexibility index (Phi) is 8.15. The van der Waals surface area contributed by atoms with E-state index in [4.69, 9.17) is 14.5 Å². The number of amides is 1. The van der Waals surface area contributed by atoms with E-state index in [9.17, 15) is 9.59 Å². The topological polar surface area (TPSA) is 68.2 Å². The van der Waals surface area contributed by atoms with Crippen molar-refractivity contribution in [1.82, 2.24) is 4.90 Å². The summed E-state index contributed by atoms with van der Waals surface area (Å²) < 4.78 is 11.0. The second-order valence-corrected chi connectivity index (χ2v) is 8.99. The van der Waals surface area contributed by atoms with Gasteiger partial charge in [0.05, 0.1) is 21.7 Å². The van der Waals surface area contributed by atoms with Gasteiger partial charge < -0.3 is 9.47 Å². The summed E-state index contributed by atoms with van der Waals surface area (Å²) >= 11 is 4.83. The first-order valence-corrected chi connectivity index (χ1v) is 11.9. The minimum Gasteiger partial charge on any atom is -0.481 e. The van der Waals surface area contributed by atoms with Gasteiger partial charge >= 0.3 is 5.97 Å². The van der Waals surface area contributed by atoms with E-state index in [1.165, 1.54) is 11.8 Å². The Bertz CT molecular complexity index is 1100. The number of halogens is 1. The molecule has 1 heterocycles. The Morgan fingerprint density at radius 3 is 2.66 bits per heavy atom. The van der Waals surface area contributed by atoms with Crippen LogP contribution in [0.1, 0.15) is 30.5 Å². The molecule has 6 nitrogen and oxygen atoms in total. The number of thioether (sulfide) groups is 1. The molecule has 0 aromatic heterocycles. The Labute approximate surface area is 200 Å². The molecule has 0 atom stereocenters. The van der Waals surface area contributed by atoms with Crippen molar-refractivity contribution in [2.45, 2.75) is 27.7 Å². The molecule has 1 saturated heterocycles. The fourth-order valence-corrected chi connectivity index (χ4v) is 4.59. The molecule has 0 saturated carbocycles. The lowest BCUT2D eigenvalue weighted by atomic mass is 10.1. The molecule has 2 aromatic rings. The third-order valence-corrected chi connectivity index (χ3v) is 6.32. The SMILES string of the molecule is CCOC(=O)COc1ccc(/C=C2/SC(=Nc3cc(C)ccc3C)N(CC)C2=O)cc1Br. The molecule has 0 spiro atoms. The first kappa shape index (κ1) is 24.1. The van der Waals surface area contributed by atoms with Crippen molar-refractivity contribution < 1.29 is 19.1 Å². The van der Waals surface area contributed by atoms with Crippen LogP contribution in [0, 0.1) is 13.8 Å². The van der Waals surface area contributed by atoms with Gasteiger partial charge in [-0.15, -0.1) is 0 Å². The van der Waals surface area contributed by atoms with Gasteiger partial charge in [-0.05, 0) is 96.4 Å². The minimum absolute atomic E-state index is 0.0692. The van der Waals surface area contributed by atoms with Crippen molar-refractivity contribution in [1.29, 1.82) is 0 Å². The highest BCUT2D eigenvalue weighted by molar-refractivity contribution is 9.10. The van der Waals surface area contributed by atoms with Crippen LogP contribution in [0.4, 0.5) is 5.69 Å². The summed E-state index contributed by atoms with van der Waals surface area (Å²) in [5.41, 5.74) is 3.89. The van der Waals surface area contributed by atoms with Crippen LogP contribution in [0.3, 0.4) is 0 Å². The van der Waals surface area contributed by atoms with Crippen molar-refractivity contribution in [3.05, 3.63) is 62.5 Å². The quantitative estimate of drug-likeness (QED) is 0.352. The van der Waals surface area contributed by atoms with Crippen molar-refractivity contribution in [3.63, 3.8) is 0 Å². The predicted molar refractivity (Wildman–Crippen MR) is 132 cm³/mol. The molecular formula is C24H25BrN2O4S. The second-order valence-electron chi connectivity index (χ2n) is 7.13. The molecule has 1 aliphatic heterocycles. The molecule has 1 aliphatic rings. The fourth-order valence-electron chi connectivity index (χ4n) is 3.03. The molecule has 3 rings (SSSR count). The maximum atomic E-state index is 13.0. The summed E-state index contributed by atoms with van der Waals surface area (Å²) in [5, 5.41) is 0.672. The summed E-state index contributed by atoms with van der Waals surface area (Å²) in [4.78, 5) is 31.5. The highest BCUT2D eigenvalue weighted by atomic mass is 79.9. The van der Waals surface area contributed by atoms with Gasteiger partial charge in [-0.2, -0.15) is 0 Å². The maximum absolute atomic E-state index is 13.0. The number of hydrogen-bond donors (Lipinski definition) is 0. The monoisotopic (exact) mass is 516 g/mol. The average Bonchev–Trinajstić information content (AvgIpc) is 3.04. The lowest BCUT2D eigenvalue weighted by Crippen LogP contribution is -2.28. The summed E-state index contributed by atoms with van der Waals surface area (Å²) in [5.74, 6) is 0.0344. The van der Waals surface area contributed by atoms with Crippen LogP contribution >= 0.6 is 27.7 Å². The van der Waals surface area contributed by atoms with Gasteiger partial charge in [-0.3, -0.25) is 9.69 Å². The lowest BCUT2D eigenvalue weighted by Gasteiger charge is -2.12. The Balaban J connectivity index is 1.82. The zero-order chi connectivity index (χ0) is 23.3. The number of hydrogen-bond acceptors (Lipinski definition) is 6. The zero-order valence-corrected chi connectivity index (χ0v) is 20.9. The molecule has 0 aliphatic carbocycles. The number of aliphatic imine (C=N–C) groups is 1. The molecule has 8 heteroatoms. The Morgan fingerprint density at radius 2 is 1.97 bits per heavy atom. The van der Waals surface area contributed by atoms with E-state index < -0.39 is 5.97 Å². The van der Waals surface area contributed by atoms with Crippen molar-refractivity contribution in [3.8, 4) is 5.75 Å². The van der Waals surface area contributed by atoms with E-state index in [1.54, 1.807) is 17.9 Å². The number of benzene rings is 2. The normalized spacial score (nSPS) is 16.2. The highest BCUT2D eigenvalue weighted by Crippen LogP contribution is 2.36. The van der Waals surface area contributed by atoms with Crippen molar-refractivity contribution >= 4 is 56.5 Å². The summed E-state index contributed by atoms with van der Waals surface area (Å²) in [7, 11) is 0. The Morgan fingerprint density at radius 1 is 1.19 bits per heavy atom. The standard InChI is InChI=1S/C24H25BrN2O4S/c1-5-27-23(29)21(32-24(27)26-19-11-15(3)7-8-16(19)4)13-17-9-10-20(18(25)12-17)31-14-22(28)30-6-2/h7-13H,5-6,14H2,1-4H3/b21-13+,26-24?. The van der Waals surface area contributed by atoms with E-state index in [1.807, 2.05) is 57.2 Å². The summed E-state index contributed by atoms with van der Waals surface area (Å²) in [6.45, 7) is 8.41. The molecule has 32 heavy (non-hydrogen) atoms. The summed E-state index contributed by atoms with van der Waals surface area (Å²) in [6.07, 6.45) is 1.83. The number of carbonyl (C=O) groups is 2. The van der Waals surface area contributed by atoms with Crippen LogP contribution in [0.15, 0.2) is 50.8 Å². The van der Waals surface area contributed by atoms with E-state index >= 15 is 0 Å². The Hall–Kier alpha value is -2.58. The number of ether oxygens (including phenoxy) is 2. The number of nitrogens with zero attached hydrogens (tertiary/aromatic N) is 2. The number of esters is 1. The van der Waals surface area contributed by atoms with Crippen LogP contribution in [0.25, 0.3) is 6.08 Å². The lowest BCUT2D eigenvalue weighted by molar-refractivity contribution is -0.145. The molecule has 0 unspecified atom stereocenters. The largest absolute Gasteiger partial charge is 0.481 e. The van der Waals surface area contributed by atoms with Crippen LogP contribution in [-0.4, -0.2) is 41.7 Å². The molecule has 168 valence electrons. The van der Waals surface area contributed by atoms with Crippen LogP contribution in [0.5, 0.6) is 5.75 Å². The molecule has 0 N–H and O–H groups in total. The molecule has 1 amide bonds. The van der Waals surface area contributed by atoms with Gasteiger partial charge in [0.15, 0.2) is 11.8 Å². The van der Waals surface area contributed by atoms with Crippen molar-refractivity contribution in [2.24, 2.45) is 4.99 Å². The number of aryl methyl sites for hydroxylation is 2. The van der Waals surface area contributed by atoms with E-state index in [0.717, 1.165) is 22.4 Å². The molecule has 1 fully saturated rings. The van der Waals surface area contributed by atoms with Gasteiger partial charge in [-0.1, -0.05) is 18.2 Å². The molecule has 0 radical (unpaired) electrons. The number of likely N-dealkylation sites (N-methyl/N-ethyl adjacent to an activating group) is 1. The van der Waals surface area contributed by atoms with E-state index in [2.05, 4.69) is 15.9 Å². The third-order valence-electron chi connectivity index (χ3n) is 4.69. The number of rotatable bonds is 7. The fraction of sp³-hybridized carbons (Fsp3) is 0.292.